The van der Waals surface area contributed by atoms with Gasteiger partial charge in [0.1, 0.15) is 11.5 Å². The SMILES string of the molecule is COc1ccc(Br)c(CC(=O)NCc2ccc(-c3ccc4c(c3)CCO4)cc2)c1. The second kappa shape index (κ2) is 8.70. The fraction of sp³-hybridized carbons (Fsp3) is 0.208. The minimum absolute atomic E-state index is 0.0262. The molecule has 0 saturated heterocycles. The number of halogens is 1. The Labute approximate surface area is 179 Å². The van der Waals surface area contributed by atoms with Crippen LogP contribution < -0.4 is 14.8 Å². The average molecular weight is 452 g/mol. The Morgan fingerprint density at radius 2 is 1.86 bits per heavy atom. The van der Waals surface area contributed by atoms with E-state index in [0.717, 1.165) is 45.7 Å². The van der Waals surface area contributed by atoms with E-state index in [-0.39, 0.29) is 5.91 Å². The summed E-state index contributed by atoms with van der Waals surface area (Å²) in [6.07, 6.45) is 1.27. The molecule has 1 aliphatic rings. The Balaban J connectivity index is 1.36. The van der Waals surface area contributed by atoms with E-state index in [1.807, 2.05) is 24.3 Å². The van der Waals surface area contributed by atoms with Gasteiger partial charge in [-0.1, -0.05) is 46.3 Å². The molecular formula is C24H22BrNO3. The maximum Gasteiger partial charge on any atom is 0.224 e. The first-order valence-electron chi connectivity index (χ1n) is 9.56. The van der Waals surface area contributed by atoms with Gasteiger partial charge >= 0.3 is 0 Å². The molecule has 3 aromatic carbocycles. The fourth-order valence-corrected chi connectivity index (χ4v) is 3.82. The molecule has 0 atom stereocenters. The van der Waals surface area contributed by atoms with Crippen molar-refractivity contribution >= 4 is 21.8 Å². The molecule has 0 aliphatic carbocycles. The van der Waals surface area contributed by atoms with Crippen molar-refractivity contribution in [3.05, 3.63) is 81.8 Å². The van der Waals surface area contributed by atoms with E-state index in [1.54, 1.807) is 7.11 Å². The lowest BCUT2D eigenvalue weighted by atomic mass is 10.0. The lowest BCUT2D eigenvalue weighted by Gasteiger charge is -2.09. The third-order valence-electron chi connectivity index (χ3n) is 5.07. The predicted octanol–water partition coefficient (Wildman–Crippen LogP) is 4.92. The Hall–Kier alpha value is -2.79. The quantitative estimate of drug-likeness (QED) is 0.578. The average Bonchev–Trinajstić information content (AvgIpc) is 3.22. The van der Waals surface area contributed by atoms with E-state index < -0.39 is 0 Å². The Morgan fingerprint density at radius 3 is 2.66 bits per heavy atom. The number of carbonyl (C=O) groups is 1. The van der Waals surface area contributed by atoms with Crippen molar-refractivity contribution in [3.8, 4) is 22.6 Å². The molecule has 148 valence electrons. The smallest absolute Gasteiger partial charge is 0.224 e. The number of benzene rings is 3. The minimum Gasteiger partial charge on any atom is -0.497 e. The van der Waals surface area contributed by atoms with E-state index in [4.69, 9.17) is 9.47 Å². The minimum atomic E-state index is -0.0262. The van der Waals surface area contributed by atoms with E-state index in [2.05, 4.69) is 57.6 Å². The van der Waals surface area contributed by atoms with Crippen molar-refractivity contribution < 1.29 is 14.3 Å². The monoisotopic (exact) mass is 451 g/mol. The van der Waals surface area contributed by atoms with Crippen LogP contribution in [0.4, 0.5) is 0 Å². The summed E-state index contributed by atoms with van der Waals surface area (Å²) in [4.78, 5) is 12.3. The molecule has 1 aliphatic heterocycles. The summed E-state index contributed by atoms with van der Waals surface area (Å²) < 4.78 is 11.7. The molecule has 3 aromatic rings. The van der Waals surface area contributed by atoms with Gasteiger partial charge in [0.15, 0.2) is 0 Å². The molecule has 4 rings (SSSR count). The number of methoxy groups -OCH3 is 1. The van der Waals surface area contributed by atoms with Crippen molar-refractivity contribution in [2.75, 3.05) is 13.7 Å². The maximum absolute atomic E-state index is 12.3. The highest BCUT2D eigenvalue weighted by molar-refractivity contribution is 9.10. The zero-order valence-electron chi connectivity index (χ0n) is 16.2. The molecule has 1 N–H and O–H groups in total. The molecule has 29 heavy (non-hydrogen) atoms. The van der Waals surface area contributed by atoms with E-state index in [0.29, 0.717) is 13.0 Å². The van der Waals surface area contributed by atoms with Crippen molar-refractivity contribution in [1.29, 1.82) is 0 Å². The van der Waals surface area contributed by atoms with E-state index in [1.165, 1.54) is 11.1 Å². The molecule has 5 heteroatoms. The Morgan fingerprint density at radius 1 is 1.07 bits per heavy atom. The van der Waals surface area contributed by atoms with Crippen LogP contribution in [-0.4, -0.2) is 19.6 Å². The van der Waals surface area contributed by atoms with Gasteiger partial charge in [0.05, 0.1) is 20.1 Å². The summed E-state index contributed by atoms with van der Waals surface area (Å²) in [6.45, 7) is 1.27. The van der Waals surface area contributed by atoms with E-state index >= 15 is 0 Å². The number of carbonyl (C=O) groups excluding carboxylic acids is 1. The summed E-state index contributed by atoms with van der Waals surface area (Å²) in [5.74, 6) is 1.71. The van der Waals surface area contributed by atoms with Crippen LogP contribution in [0.15, 0.2) is 65.1 Å². The van der Waals surface area contributed by atoms with Crippen molar-refractivity contribution in [2.45, 2.75) is 19.4 Å². The zero-order valence-corrected chi connectivity index (χ0v) is 17.8. The van der Waals surface area contributed by atoms with Crippen LogP contribution in [0.1, 0.15) is 16.7 Å². The maximum atomic E-state index is 12.3. The summed E-state index contributed by atoms with van der Waals surface area (Å²) >= 11 is 3.49. The van der Waals surface area contributed by atoms with Gasteiger partial charge in [0.2, 0.25) is 5.91 Å². The summed E-state index contributed by atoms with van der Waals surface area (Å²) in [5, 5.41) is 2.99. The Kier molecular flexibility index (Phi) is 5.86. The highest BCUT2D eigenvalue weighted by Gasteiger charge is 2.13. The molecule has 0 aromatic heterocycles. The summed E-state index contributed by atoms with van der Waals surface area (Å²) in [6, 6.07) is 20.3. The van der Waals surface area contributed by atoms with Crippen LogP contribution in [-0.2, 0) is 24.2 Å². The number of rotatable bonds is 6. The van der Waals surface area contributed by atoms with Gasteiger partial charge in [0, 0.05) is 17.4 Å². The first kappa shape index (κ1) is 19.5. The topological polar surface area (TPSA) is 47.6 Å². The van der Waals surface area contributed by atoms with Gasteiger partial charge in [-0.2, -0.15) is 0 Å². The molecule has 1 heterocycles. The highest BCUT2D eigenvalue weighted by atomic mass is 79.9. The number of nitrogens with one attached hydrogen (secondary N) is 1. The molecule has 0 spiro atoms. The van der Waals surface area contributed by atoms with Crippen LogP contribution in [0.5, 0.6) is 11.5 Å². The third-order valence-corrected chi connectivity index (χ3v) is 5.84. The largest absolute Gasteiger partial charge is 0.497 e. The van der Waals surface area contributed by atoms with Crippen LogP contribution in [0.2, 0.25) is 0 Å². The van der Waals surface area contributed by atoms with Gasteiger partial charge in [-0.15, -0.1) is 0 Å². The van der Waals surface area contributed by atoms with Gasteiger partial charge in [-0.25, -0.2) is 0 Å². The van der Waals surface area contributed by atoms with Gasteiger partial charge in [0.25, 0.3) is 0 Å². The lowest BCUT2D eigenvalue weighted by molar-refractivity contribution is -0.120. The molecular weight excluding hydrogens is 430 g/mol. The molecule has 0 fully saturated rings. The molecule has 0 radical (unpaired) electrons. The number of hydrogen-bond donors (Lipinski definition) is 1. The molecule has 0 bridgehead atoms. The molecule has 1 amide bonds. The standard InChI is InChI=1S/C24H22BrNO3/c1-28-21-7-8-22(25)20(13-21)14-24(27)26-15-16-2-4-17(5-3-16)18-6-9-23-19(12-18)10-11-29-23/h2-9,12-13H,10-11,14-15H2,1H3,(H,26,27). The zero-order chi connectivity index (χ0) is 20.2. The second-order valence-corrected chi connectivity index (χ2v) is 7.88. The third kappa shape index (κ3) is 4.62. The number of fused-ring (bicyclic) bond motifs is 1. The number of amides is 1. The molecule has 4 nitrogen and oxygen atoms in total. The second-order valence-electron chi connectivity index (χ2n) is 7.03. The lowest BCUT2D eigenvalue weighted by Crippen LogP contribution is -2.24. The fourth-order valence-electron chi connectivity index (χ4n) is 3.43. The number of ether oxygens (including phenoxy) is 2. The molecule has 0 saturated carbocycles. The van der Waals surface area contributed by atoms with Crippen molar-refractivity contribution in [2.24, 2.45) is 0 Å². The first-order valence-corrected chi connectivity index (χ1v) is 10.4. The summed E-state index contributed by atoms with van der Waals surface area (Å²) in [7, 11) is 1.62. The predicted molar refractivity (Wildman–Crippen MR) is 117 cm³/mol. The number of hydrogen-bond acceptors (Lipinski definition) is 3. The van der Waals surface area contributed by atoms with Gasteiger partial charge in [-0.3, -0.25) is 4.79 Å². The first-order chi connectivity index (χ1) is 14.1. The van der Waals surface area contributed by atoms with Crippen LogP contribution in [0.25, 0.3) is 11.1 Å². The van der Waals surface area contributed by atoms with Crippen molar-refractivity contribution in [3.63, 3.8) is 0 Å². The van der Waals surface area contributed by atoms with E-state index in [9.17, 15) is 4.79 Å². The van der Waals surface area contributed by atoms with Crippen LogP contribution >= 0.6 is 15.9 Å². The molecule has 0 unspecified atom stereocenters. The Bertz CT molecular complexity index is 1030. The van der Waals surface area contributed by atoms with Crippen molar-refractivity contribution in [1.82, 2.24) is 5.32 Å². The van der Waals surface area contributed by atoms with Crippen LogP contribution in [0.3, 0.4) is 0 Å². The normalized spacial score (nSPS) is 12.2. The summed E-state index contributed by atoms with van der Waals surface area (Å²) in [5.41, 5.74) is 5.58. The highest BCUT2D eigenvalue weighted by Crippen LogP contribution is 2.30. The van der Waals surface area contributed by atoms with Gasteiger partial charge < -0.3 is 14.8 Å². The van der Waals surface area contributed by atoms with Gasteiger partial charge in [-0.05, 0) is 58.1 Å². The van der Waals surface area contributed by atoms with Crippen LogP contribution in [0, 0.1) is 0 Å².